The first-order chi connectivity index (χ1) is 13.1. The van der Waals surface area contributed by atoms with E-state index in [2.05, 4.69) is 26.1 Å². The normalized spacial score (nSPS) is 16.8. The van der Waals surface area contributed by atoms with Crippen molar-refractivity contribution in [2.24, 2.45) is 17.1 Å². The number of amides is 2. The summed E-state index contributed by atoms with van der Waals surface area (Å²) < 4.78 is 13.0. The molecule has 1 aromatic heterocycles. The van der Waals surface area contributed by atoms with Crippen LogP contribution in [0.25, 0.3) is 6.08 Å². The van der Waals surface area contributed by atoms with Gasteiger partial charge in [-0.1, -0.05) is 32.9 Å². The Labute approximate surface area is 168 Å². The maximum absolute atomic E-state index is 13.0. The predicted octanol–water partition coefficient (Wildman–Crippen LogP) is 4.79. The average molecular weight is 401 g/mol. The number of thiophene rings is 1. The Morgan fingerprint density at radius 1 is 1.25 bits per heavy atom. The number of hydrogen-bond acceptors (Lipinski definition) is 3. The Hall–Kier alpha value is -2.47. The second-order valence-corrected chi connectivity index (χ2v) is 9.36. The van der Waals surface area contributed by atoms with Crippen LogP contribution in [0.4, 0.5) is 9.39 Å². The van der Waals surface area contributed by atoms with Crippen molar-refractivity contribution in [2.45, 2.75) is 40.0 Å². The SMILES string of the molecule is CC(C)(C)[C@@H]1CCc2c(sc(NC(=O)/C=C/c3ccc(F)cc3)c2C(N)=O)C1. The summed E-state index contributed by atoms with van der Waals surface area (Å²) in [6, 6.07) is 5.85. The third-order valence-electron chi connectivity index (χ3n) is 5.27. The molecule has 1 heterocycles. The molecule has 1 aliphatic rings. The van der Waals surface area contributed by atoms with E-state index in [1.807, 2.05) is 0 Å². The molecule has 1 aromatic carbocycles. The number of anilines is 1. The summed E-state index contributed by atoms with van der Waals surface area (Å²) in [5.74, 6) is -0.658. The highest BCUT2D eigenvalue weighted by molar-refractivity contribution is 7.17. The van der Waals surface area contributed by atoms with Crippen LogP contribution in [0.3, 0.4) is 0 Å². The van der Waals surface area contributed by atoms with Crippen molar-refractivity contribution in [3.8, 4) is 0 Å². The fraction of sp³-hybridized carbons (Fsp3) is 0.364. The Balaban J connectivity index is 1.80. The van der Waals surface area contributed by atoms with Gasteiger partial charge in [0, 0.05) is 11.0 Å². The first-order valence-corrected chi connectivity index (χ1v) is 10.2. The van der Waals surface area contributed by atoms with Gasteiger partial charge in [0.15, 0.2) is 0 Å². The van der Waals surface area contributed by atoms with Gasteiger partial charge >= 0.3 is 0 Å². The molecule has 3 N–H and O–H groups in total. The number of rotatable bonds is 4. The van der Waals surface area contributed by atoms with Gasteiger partial charge in [0.1, 0.15) is 10.8 Å². The average Bonchev–Trinajstić information content (AvgIpc) is 2.97. The Morgan fingerprint density at radius 3 is 2.54 bits per heavy atom. The molecule has 1 aliphatic carbocycles. The quantitative estimate of drug-likeness (QED) is 0.725. The van der Waals surface area contributed by atoms with Crippen LogP contribution in [-0.2, 0) is 17.6 Å². The summed E-state index contributed by atoms with van der Waals surface area (Å²) in [7, 11) is 0. The van der Waals surface area contributed by atoms with E-state index in [9.17, 15) is 14.0 Å². The van der Waals surface area contributed by atoms with Crippen LogP contribution in [0.5, 0.6) is 0 Å². The molecule has 3 rings (SSSR count). The molecule has 1 atom stereocenters. The predicted molar refractivity (Wildman–Crippen MR) is 112 cm³/mol. The third kappa shape index (κ3) is 4.50. The van der Waals surface area contributed by atoms with E-state index in [0.29, 0.717) is 22.0 Å². The molecular formula is C22H25FN2O2S. The molecule has 0 spiro atoms. The van der Waals surface area contributed by atoms with Crippen LogP contribution >= 0.6 is 11.3 Å². The largest absolute Gasteiger partial charge is 0.365 e. The molecule has 0 fully saturated rings. The maximum Gasteiger partial charge on any atom is 0.251 e. The number of carbonyl (C=O) groups is 2. The lowest BCUT2D eigenvalue weighted by Gasteiger charge is -2.33. The van der Waals surface area contributed by atoms with Crippen LogP contribution in [0.15, 0.2) is 30.3 Å². The molecule has 0 saturated heterocycles. The highest BCUT2D eigenvalue weighted by Crippen LogP contribution is 2.44. The molecule has 0 bridgehead atoms. The minimum absolute atomic E-state index is 0.190. The van der Waals surface area contributed by atoms with Crippen molar-refractivity contribution in [1.29, 1.82) is 0 Å². The smallest absolute Gasteiger partial charge is 0.251 e. The second-order valence-electron chi connectivity index (χ2n) is 8.25. The standard InChI is InChI=1S/C22H25FN2O2S/c1-22(2,3)14-7-10-16-17(12-14)28-21(19(16)20(24)27)25-18(26)11-6-13-4-8-15(23)9-5-13/h4-6,8-9,11,14H,7,10,12H2,1-3H3,(H2,24,27)(H,25,26)/b11-6+/t14-/m1/s1. The minimum atomic E-state index is -0.510. The topological polar surface area (TPSA) is 72.2 Å². The zero-order valence-electron chi connectivity index (χ0n) is 16.3. The van der Waals surface area contributed by atoms with E-state index >= 15 is 0 Å². The van der Waals surface area contributed by atoms with Gasteiger partial charge in [0.25, 0.3) is 5.91 Å². The number of fused-ring (bicyclic) bond motifs is 1. The molecule has 0 radical (unpaired) electrons. The number of primary amides is 1. The Kier molecular flexibility index (Phi) is 5.70. The zero-order chi connectivity index (χ0) is 20.5. The van der Waals surface area contributed by atoms with Crippen LogP contribution in [0.1, 0.15) is 53.6 Å². The fourth-order valence-corrected chi connectivity index (χ4v) is 4.91. The van der Waals surface area contributed by atoms with Crippen molar-refractivity contribution in [2.75, 3.05) is 5.32 Å². The van der Waals surface area contributed by atoms with Crippen LogP contribution in [-0.4, -0.2) is 11.8 Å². The van der Waals surface area contributed by atoms with Gasteiger partial charge in [0.05, 0.1) is 5.56 Å². The minimum Gasteiger partial charge on any atom is -0.365 e. The monoisotopic (exact) mass is 400 g/mol. The van der Waals surface area contributed by atoms with Crippen LogP contribution < -0.4 is 11.1 Å². The van der Waals surface area contributed by atoms with Crippen molar-refractivity contribution in [3.05, 3.63) is 57.7 Å². The van der Waals surface area contributed by atoms with Crippen molar-refractivity contribution in [3.63, 3.8) is 0 Å². The summed E-state index contributed by atoms with van der Waals surface area (Å²) in [6.45, 7) is 6.69. The van der Waals surface area contributed by atoms with Crippen molar-refractivity contribution < 1.29 is 14.0 Å². The fourth-order valence-electron chi connectivity index (χ4n) is 3.57. The summed E-state index contributed by atoms with van der Waals surface area (Å²) in [6.07, 6.45) is 5.67. The summed E-state index contributed by atoms with van der Waals surface area (Å²) in [5.41, 5.74) is 7.95. The van der Waals surface area contributed by atoms with E-state index in [0.717, 1.165) is 29.7 Å². The molecule has 28 heavy (non-hydrogen) atoms. The van der Waals surface area contributed by atoms with E-state index in [1.54, 1.807) is 18.2 Å². The number of nitrogens with one attached hydrogen (secondary N) is 1. The zero-order valence-corrected chi connectivity index (χ0v) is 17.2. The van der Waals surface area contributed by atoms with E-state index in [-0.39, 0.29) is 17.1 Å². The van der Waals surface area contributed by atoms with Gasteiger partial charge in [-0.25, -0.2) is 4.39 Å². The van der Waals surface area contributed by atoms with Gasteiger partial charge in [-0.3, -0.25) is 9.59 Å². The summed E-state index contributed by atoms with van der Waals surface area (Å²) in [4.78, 5) is 25.5. The lowest BCUT2D eigenvalue weighted by Crippen LogP contribution is -2.27. The second kappa shape index (κ2) is 7.87. The first-order valence-electron chi connectivity index (χ1n) is 9.34. The molecular weight excluding hydrogens is 375 g/mol. The Morgan fingerprint density at radius 2 is 1.93 bits per heavy atom. The number of nitrogens with two attached hydrogens (primary N) is 1. The van der Waals surface area contributed by atoms with Crippen LogP contribution in [0, 0.1) is 17.2 Å². The molecule has 0 unspecified atom stereocenters. The molecule has 2 amide bonds. The van der Waals surface area contributed by atoms with Crippen molar-refractivity contribution in [1.82, 2.24) is 0 Å². The summed E-state index contributed by atoms with van der Waals surface area (Å²) >= 11 is 1.45. The Bertz CT molecular complexity index is 923. The lowest BCUT2D eigenvalue weighted by molar-refractivity contribution is -0.111. The highest BCUT2D eigenvalue weighted by Gasteiger charge is 2.33. The van der Waals surface area contributed by atoms with Gasteiger partial charge in [0.2, 0.25) is 5.91 Å². The molecule has 0 saturated carbocycles. The van der Waals surface area contributed by atoms with Gasteiger partial charge in [-0.2, -0.15) is 0 Å². The van der Waals surface area contributed by atoms with Gasteiger partial charge in [-0.05, 0) is 59.9 Å². The van der Waals surface area contributed by atoms with E-state index in [1.165, 1.54) is 29.5 Å². The number of carbonyl (C=O) groups excluding carboxylic acids is 2. The molecule has 6 heteroatoms. The van der Waals surface area contributed by atoms with E-state index < -0.39 is 5.91 Å². The number of hydrogen-bond donors (Lipinski definition) is 2. The first kappa shape index (κ1) is 20.3. The lowest BCUT2D eigenvalue weighted by atomic mass is 9.72. The summed E-state index contributed by atoms with van der Waals surface area (Å²) in [5, 5.41) is 3.32. The van der Waals surface area contributed by atoms with Crippen LogP contribution in [0.2, 0.25) is 0 Å². The third-order valence-corrected chi connectivity index (χ3v) is 6.44. The number of halogens is 1. The molecule has 0 aliphatic heterocycles. The molecule has 148 valence electrons. The van der Waals surface area contributed by atoms with Crippen molar-refractivity contribution >= 4 is 34.2 Å². The molecule has 2 aromatic rings. The highest BCUT2D eigenvalue weighted by atomic mass is 32.1. The van der Waals surface area contributed by atoms with Gasteiger partial charge < -0.3 is 11.1 Å². The van der Waals surface area contributed by atoms with E-state index in [4.69, 9.17) is 5.73 Å². The maximum atomic E-state index is 13.0. The molecule has 4 nitrogen and oxygen atoms in total. The van der Waals surface area contributed by atoms with Gasteiger partial charge in [-0.15, -0.1) is 11.3 Å². The number of benzene rings is 1.